The van der Waals surface area contributed by atoms with Crippen LogP contribution in [0.3, 0.4) is 0 Å². The van der Waals surface area contributed by atoms with Crippen molar-refractivity contribution in [1.82, 2.24) is 0 Å². The number of nitrogens with one attached hydrogen (secondary N) is 1. The molecule has 0 spiro atoms. The highest BCUT2D eigenvalue weighted by atomic mass is 19.1. The minimum absolute atomic E-state index is 0.0829. The van der Waals surface area contributed by atoms with E-state index in [1.807, 2.05) is 19.9 Å². The Bertz CT molecular complexity index is 1320. The first-order valence-electron chi connectivity index (χ1n) is 9.33. The normalized spacial score (nSPS) is 11.3. The molecule has 0 radical (unpaired) electrons. The van der Waals surface area contributed by atoms with Crippen LogP contribution in [0, 0.1) is 26.6 Å². The van der Waals surface area contributed by atoms with Crippen molar-refractivity contribution in [2.45, 2.75) is 33.6 Å². The summed E-state index contributed by atoms with van der Waals surface area (Å²) in [6, 6.07) is 8.19. The number of aryl methyl sites for hydroxylation is 3. The van der Waals surface area contributed by atoms with Crippen LogP contribution in [0.15, 0.2) is 50.2 Å². The molecule has 0 aliphatic carbocycles. The number of benzene rings is 2. The SMILES string of the molecule is Cc1ccc(NC(=O)CCc2c(C)c3cc4c(C)coc4cc3oc2=O)cc1F. The van der Waals surface area contributed by atoms with Crippen molar-refractivity contribution in [2.24, 2.45) is 0 Å². The summed E-state index contributed by atoms with van der Waals surface area (Å²) in [6.07, 6.45) is 1.97. The maximum atomic E-state index is 13.6. The largest absolute Gasteiger partial charge is 0.464 e. The highest BCUT2D eigenvalue weighted by Gasteiger charge is 2.15. The predicted molar refractivity (Wildman–Crippen MR) is 110 cm³/mol. The topological polar surface area (TPSA) is 72.5 Å². The van der Waals surface area contributed by atoms with Crippen molar-refractivity contribution in [3.05, 3.63) is 75.1 Å². The summed E-state index contributed by atoms with van der Waals surface area (Å²) in [5.41, 5.74) is 3.79. The third kappa shape index (κ3) is 3.53. The molecule has 0 saturated heterocycles. The van der Waals surface area contributed by atoms with E-state index < -0.39 is 5.63 Å². The fourth-order valence-corrected chi connectivity index (χ4v) is 3.46. The molecule has 29 heavy (non-hydrogen) atoms. The number of anilines is 1. The molecule has 5 nitrogen and oxygen atoms in total. The molecule has 1 amide bonds. The van der Waals surface area contributed by atoms with Crippen LogP contribution in [0.25, 0.3) is 21.9 Å². The highest BCUT2D eigenvalue weighted by molar-refractivity contribution is 5.96. The Kier molecular flexibility index (Phi) is 4.70. The number of hydrogen-bond donors (Lipinski definition) is 1. The lowest BCUT2D eigenvalue weighted by Crippen LogP contribution is -2.16. The van der Waals surface area contributed by atoms with E-state index >= 15 is 0 Å². The molecule has 0 saturated carbocycles. The molecular formula is C23H20FNO4. The zero-order valence-electron chi connectivity index (χ0n) is 16.4. The first-order valence-corrected chi connectivity index (χ1v) is 9.33. The Hall–Kier alpha value is -3.41. The summed E-state index contributed by atoms with van der Waals surface area (Å²) in [5.74, 6) is -0.678. The third-order valence-electron chi connectivity index (χ3n) is 5.23. The van der Waals surface area contributed by atoms with Gasteiger partial charge in [0.2, 0.25) is 5.91 Å². The number of fused-ring (bicyclic) bond motifs is 2. The van der Waals surface area contributed by atoms with Gasteiger partial charge in [-0.25, -0.2) is 9.18 Å². The molecule has 0 aliphatic rings. The average Bonchev–Trinajstić information content (AvgIpc) is 3.03. The van der Waals surface area contributed by atoms with Crippen LogP contribution in [-0.2, 0) is 11.2 Å². The molecule has 4 rings (SSSR count). The van der Waals surface area contributed by atoms with Gasteiger partial charge in [0.25, 0.3) is 0 Å². The molecule has 2 aromatic heterocycles. The smallest absolute Gasteiger partial charge is 0.339 e. The Morgan fingerprint density at radius 3 is 2.59 bits per heavy atom. The quantitative estimate of drug-likeness (QED) is 0.485. The highest BCUT2D eigenvalue weighted by Crippen LogP contribution is 2.29. The Morgan fingerprint density at radius 1 is 1.03 bits per heavy atom. The van der Waals surface area contributed by atoms with E-state index in [9.17, 15) is 14.0 Å². The van der Waals surface area contributed by atoms with Gasteiger partial charge in [0.1, 0.15) is 17.0 Å². The van der Waals surface area contributed by atoms with Gasteiger partial charge in [-0.3, -0.25) is 4.79 Å². The molecule has 0 fully saturated rings. The monoisotopic (exact) mass is 393 g/mol. The van der Waals surface area contributed by atoms with Crippen molar-refractivity contribution in [3.8, 4) is 0 Å². The Morgan fingerprint density at radius 2 is 1.83 bits per heavy atom. The lowest BCUT2D eigenvalue weighted by Gasteiger charge is -2.09. The van der Waals surface area contributed by atoms with Crippen LogP contribution in [0.2, 0.25) is 0 Å². The molecule has 2 aromatic carbocycles. The molecule has 0 aliphatic heterocycles. The van der Waals surface area contributed by atoms with Crippen molar-refractivity contribution < 1.29 is 18.0 Å². The first-order chi connectivity index (χ1) is 13.8. The summed E-state index contributed by atoms with van der Waals surface area (Å²) in [5, 5.41) is 4.44. The second kappa shape index (κ2) is 7.20. The van der Waals surface area contributed by atoms with Gasteiger partial charge in [-0.1, -0.05) is 6.07 Å². The van der Waals surface area contributed by atoms with Crippen molar-refractivity contribution >= 4 is 33.5 Å². The standard InChI is InChI=1S/C23H20FNO4/c1-12-4-5-15(8-19(12)24)25-22(26)7-6-16-14(3)18-9-17-13(2)11-28-20(17)10-21(18)29-23(16)27/h4-5,8-11H,6-7H2,1-3H3,(H,25,26). The van der Waals surface area contributed by atoms with Gasteiger partial charge >= 0.3 is 5.63 Å². The van der Waals surface area contributed by atoms with Crippen molar-refractivity contribution in [3.63, 3.8) is 0 Å². The second-order valence-electron chi connectivity index (χ2n) is 7.27. The zero-order valence-corrected chi connectivity index (χ0v) is 16.4. The number of hydrogen-bond acceptors (Lipinski definition) is 4. The van der Waals surface area contributed by atoms with Crippen LogP contribution in [-0.4, -0.2) is 5.91 Å². The van der Waals surface area contributed by atoms with Gasteiger partial charge in [-0.2, -0.15) is 0 Å². The summed E-state index contributed by atoms with van der Waals surface area (Å²) < 4.78 is 24.6. The number of carbonyl (C=O) groups excluding carboxylic acids is 1. The number of carbonyl (C=O) groups is 1. The van der Waals surface area contributed by atoms with E-state index in [4.69, 9.17) is 8.83 Å². The number of amides is 1. The summed E-state index contributed by atoms with van der Waals surface area (Å²) in [4.78, 5) is 24.7. The van der Waals surface area contributed by atoms with Gasteiger partial charge in [-0.05, 0) is 62.1 Å². The van der Waals surface area contributed by atoms with E-state index in [2.05, 4.69) is 5.32 Å². The van der Waals surface area contributed by atoms with Crippen LogP contribution in [0.4, 0.5) is 10.1 Å². The maximum absolute atomic E-state index is 13.6. The number of halogens is 1. The molecular weight excluding hydrogens is 373 g/mol. The van der Waals surface area contributed by atoms with Gasteiger partial charge in [0.05, 0.1) is 6.26 Å². The third-order valence-corrected chi connectivity index (χ3v) is 5.23. The molecule has 6 heteroatoms. The molecule has 1 N–H and O–H groups in total. The summed E-state index contributed by atoms with van der Waals surface area (Å²) in [6.45, 7) is 5.45. The van der Waals surface area contributed by atoms with Crippen molar-refractivity contribution in [2.75, 3.05) is 5.32 Å². The molecule has 4 aromatic rings. The lowest BCUT2D eigenvalue weighted by molar-refractivity contribution is -0.116. The molecule has 0 atom stereocenters. The number of rotatable bonds is 4. The van der Waals surface area contributed by atoms with Crippen molar-refractivity contribution in [1.29, 1.82) is 0 Å². The number of furan rings is 1. The van der Waals surface area contributed by atoms with Gasteiger partial charge in [-0.15, -0.1) is 0 Å². The molecule has 148 valence electrons. The maximum Gasteiger partial charge on any atom is 0.339 e. The van der Waals surface area contributed by atoms with E-state index in [1.54, 1.807) is 31.4 Å². The average molecular weight is 393 g/mol. The van der Waals surface area contributed by atoms with Crippen LogP contribution >= 0.6 is 0 Å². The lowest BCUT2D eigenvalue weighted by atomic mass is 10.0. The van der Waals surface area contributed by atoms with E-state index in [1.165, 1.54) is 6.07 Å². The molecule has 2 heterocycles. The Labute approximate surface area is 166 Å². The van der Waals surface area contributed by atoms with E-state index in [0.717, 1.165) is 21.9 Å². The first kappa shape index (κ1) is 18.9. The minimum Gasteiger partial charge on any atom is -0.464 e. The predicted octanol–water partition coefficient (Wildman–Crippen LogP) is 5.17. The van der Waals surface area contributed by atoms with Crippen LogP contribution < -0.4 is 10.9 Å². The fourth-order valence-electron chi connectivity index (χ4n) is 3.46. The van der Waals surface area contributed by atoms with Crippen LogP contribution in [0.5, 0.6) is 0 Å². The van der Waals surface area contributed by atoms with E-state index in [-0.39, 0.29) is 24.6 Å². The van der Waals surface area contributed by atoms with Gasteiger partial charge in [0.15, 0.2) is 0 Å². The van der Waals surface area contributed by atoms with E-state index in [0.29, 0.717) is 28.0 Å². The minimum atomic E-state index is -0.466. The molecule has 0 unspecified atom stereocenters. The van der Waals surface area contributed by atoms with Gasteiger partial charge < -0.3 is 14.2 Å². The summed E-state index contributed by atoms with van der Waals surface area (Å²) in [7, 11) is 0. The Balaban J connectivity index is 1.59. The zero-order chi connectivity index (χ0) is 20.7. The van der Waals surface area contributed by atoms with Gasteiger partial charge in [0, 0.05) is 34.5 Å². The van der Waals surface area contributed by atoms with Crippen LogP contribution in [0.1, 0.15) is 28.7 Å². The molecule has 0 bridgehead atoms. The summed E-state index contributed by atoms with van der Waals surface area (Å²) >= 11 is 0. The fraction of sp³-hybridized carbons (Fsp3) is 0.217. The second-order valence-corrected chi connectivity index (χ2v) is 7.27.